The lowest BCUT2D eigenvalue weighted by molar-refractivity contribution is 0.430. The monoisotopic (exact) mass is 287 g/mol. The van der Waals surface area contributed by atoms with Gasteiger partial charge in [-0.15, -0.1) is 0 Å². The second-order valence-corrected chi connectivity index (χ2v) is 4.61. The lowest BCUT2D eigenvalue weighted by Gasteiger charge is -2.01. The lowest BCUT2D eigenvalue weighted by atomic mass is 10.1. The van der Waals surface area contributed by atoms with Crippen molar-refractivity contribution in [2.75, 3.05) is 0 Å². The molecule has 0 aliphatic heterocycles. The molecule has 6 heteroatoms. The molecular formula is C14H10ClN3O2. The van der Waals surface area contributed by atoms with Crippen LogP contribution in [0.5, 0.6) is 5.75 Å². The highest BCUT2D eigenvalue weighted by molar-refractivity contribution is 6.32. The fourth-order valence-corrected chi connectivity index (χ4v) is 2.04. The van der Waals surface area contributed by atoms with Gasteiger partial charge < -0.3 is 9.63 Å². The van der Waals surface area contributed by atoms with Crippen LogP contribution in [0, 0.1) is 6.92 Å². The van der Waals surface area contributed by atoms with Crippen LogP contribution in [0.25, 0.3) is 23.0 Å². The number of phenolic OH excluding ortho intramolecular Hbond substituents is 1. The molecule has 3 aromatic rings. The Morgan fingerprint density at radius 3 is 2.85 bits per heavy atom. The van der Waals surface area contributed by atoms with Gasteiger partial charge in [0.1, 0.15) is 11.4 Å². The van der Waals surface area contributed by atoms with Crippen molar-refractivity contribution in [2.45, 2.75) is 6.92 Å². The molecule has 3 rings (SSSR count). The summed E-state index contributed by atoms with van der Waals surface area (Å²) >= 11 is 6.05. The van der Waals surface area contributed by atoms with Gasteiger partial charge in [0.2, 0.25) is 5.82 Å². The van der Waals surface area contributed by atoms with E-state index < -0.39 is 0 Å². The molecule has 1 N–H and O–H groups in total. The predicted octanol–water partition coefficient (Wildman–Crippen LogP) is 3.47. The molecule has 0 radical (unpaired) electrons. The molecule has 0 saturated heterocycles. The summed E-state index contributed by atoms with van der Waals surface area (Å²) in [6.45, 7) is 1.78. The molecule has 0 unspecified atom stereocenters. The Morgan fingerprint density at radius 2 is 2.05 bits per heavy atom. The maximum atomic E-state index is 9.71. The van der Waals surface area contributed by atoms with E-state index in [0.717, 1.165) is 0 Å². The van der Waals surface area contributed by atoms with Gasteiger partial charge in [0.15, 0.2) is 0 Å². The Hall–Kier alpha value is -2.40. The van der Waals surface area contributed by atoms with Crippen LogP contribution in [-0.4, -0.2) is 20.2 Å². The number of hydrogen-bond donors (Lipinski definition) is 1. The number of benzene rings is 1. The van der Waals surface area contributed by atoms with Crippen molar-refractivity contribution < 1.29 is 9.63 Å². The third-order valence-corrected chi connectivity index (χ3v) is 3.24. The quantitative estimate of drug-likeness (QED) is 0.781. The molecule has 100 valence electrons. The van der Waals surface area contributed by atoms with E-state index in [1.807, 2.05) is 0 Å². The summed E-state index contributed by atoms with van der Waals surface area (Å²) in [6, 6.07) is 8.55. The molecule has 2 heterocycles. The van der Waals surface area contributed by atoms with E-state index in [1.165, 1.54) is 0 Å². The van der Waals surface area contributed by atoms with E-state index >= 15 is 0 Å². The highest BCUT2D eigenvalue weighted by Gasteiger charge is 2.16. The van der Waals surface area contributed by atoms with Gasteiger partial charge in [-0.1, -0.05) is 22.8 Å². The normalized spacial score (nSPS) is 10.7. The fourth-order valence-electron chi connectivity index (χ4n) is 1.83. The van der Waals surface area contributed by atoms with Gasteiger partial charge in [0.05, 0.1) is 5.02 Å². The second-order valence-electron chi connectivity index (χ2n) is 4.21. The van der Waals surface area contributed by atoms with E-state index in [2.05, 4.69) is 15.1 Å². The van der Waals surface area contributed by atoms with Crippen LogP contribution < -0.4 is 0 Å². The van der Waals surface area contributed by atoms with E-state index in [-0.39, 0.29) is 5.75 Å². The molecule has 20 heavy (non-hydrogen) atoms. The minimum Gasteiger partial charge on any atom is -0.508 e. The van der Waals surface area contributed by atoms with Crippen LogP contribution in [0.3, 0.4) is 0 Å². The summed E-state index contributed by atoms with van der Waals surface area (Å²) in [6.07, 6.45) is 1.61. The molecule has 0 aliphatic carbocycles. The van der Waals surface area contributed by atoms with Crippen molar-refractivity contribution in [1.29, 1.82) is 0 Å². The second kappa shape index (κ2) is 4.94. The Morgan fingerprint density at radius 1 is 1.20 bits per heavy atom. The van der Waals surface area contributed by atoms with Crippen molar-refractivity contribution in [3.8, 4) is 28.7 Å². The van der Waals surface area contributed by atoms with Crippen LogP contribution >= 0.6 is 11.6 Å². The molecule has 5 nitrogen and oxygen atoms in total. The number of nitrogens with zero attached hydrogens (tertiary/aromatic N) is 3. The summed E-state index contributed by atoms with van der Waals surface area (Å²) in [7, 11) is 0. The highest BCUT2D eigenvalue weighted by Crippen LogP contribution is 2.30. The number of phenols is 1. The summed E-state index contributed by atoms with van der Waals surface area (Å²) in [5, 5.41) is 14.0. The van der Waals surface area contributed by atoms with Crippen molar-refractivity contribution >= 4 is 11.6 Å². The zero-order chi connectivity index (χ0) is 14.1. The molecule has 2 aromatic heterocycles. The number of aromatic hydroxyl groups is 1. The highest BCUT2D eigenvalue weighted by atomic mass is 35.5. The number of pyridine rings is 1. The summed E-state index contributed by atoms with van der Waals surface area (Å²) in [5.41, 5.74) is 1.81. The van der Waals surface area contributed by atoms with E-state index in [9.17, 15) is 5.11 Å². The Balaban J connectivity index is 2.07. The SMILES string of the molecule is Cc1c(O)cccc1-c1nc(-c2ncccc2Cl)no1. The Labute approximate surface area is 119 Å². The van der Waals surface area contributed by atoms with Gasteiger partial charge in [-0.25, -0.2) is 0 Å². The third kappa shape index (κ3) is 2.12. The molecule has 0 amide bonds. The minimum atomic E-state index is 0.179. The van der Waals surface area contributed by atoms with Crippen molar-refractivity contribution in [1.82, 2.24) is 15.1 Å². The standard InChI is InChI=1S/C14H10ClN3O2/c1-8-9(4-2-6-11(8)19)14-17-13(18-20-14)12-10(15)5-3-7-16-12/h2-7,19H,1H3. The summed E-state index contributed by atoms with van der Waals surface area (Å²) < 4.78 is 5.23. The summed E-state index contributed by atoms with van der Waals surface area (Å²) in [4.78, 5) is 8.41. The molecule has 0 saturated carbocycles. The van der Waals surface area contributed by atoms with Crippen molar-refractivity contribution in [2.24, 2.45) is 0 Å². The predicted molar refractivity (Wildman–Crippen MR) is 74.4 cm³/mol. The maximum Gasteiger partial charge on any atom is 0.258 e. The number of halogens is 1. The number of aromatic nitrogens is 3. The number of rotatable bonds is 2. The average Bonchev–Trinajstić information content (AvgIpc) is 2.92. The number of hydrogen-bond acceptors (Lipinski definition) is 5. The zero-order valence-corrected chi connectivity index (χ0v) is 11.3. The zero-order valence-electron chi connectivity index (χ0n) is 10.5. The average molecular weight is 288 g/mol. The van der Waals surface area contributed by atoms with Crippen molar-refractivity contribution in [3.05, 3.63) is 47.1 Å². The fraction of sp³-hybridized carbons (Fsp3) is 0.0714. The first-order chi connectivity index (χ1) is 9.66. The van der Waals surface area contributed by atoms with Crippen LogP contribution in [0.15, 0.2) is 41.1 Å². The van der Waals surface area contributed by atoms with E-state index in [4.69, 9.17) is 16.1 Å². The first-order valence-electron chi connectivity index (χ1n) is 5.90. The van der Waals surface area contributed by atoms with Gasteiger partial charge in [-0.3, -0.25) is 4.98 Å². The smallest absolute Gasteiger partial charge is 0.258 e. The molecule has 0 spiro atoms. The first-order valence-corrected chi connectivity index (χ1v) is 6.28. The molecule has 0 aliphatic rings. The topological polar surface area (TPSA) is 72.0 Å². The van der Waals surface area contributed by atoms with Crippen LogP contribution in [-0.2, 0) is 0 Å². The van der Waals surface area contributed by atoms with Gasteiger partial charge in [0.25, 0.3) is 5.89 Å². The maximum absolute atomic E-state index is 9.71. The molecule has 0 atom stereocenters. The molecular weight excluding hydrogens is 278 g/mol. The van der Waals surface area contributed by atoms with Crippen LogP contribution in [0.4, 0.5) is 0 Å². The Kier molecular flexibility index (Phi) is 3.12. The van der Waals surface area contributed by atoms with Gasteiger partial charge >= 0.3 is 0 Å². The van der Waals surface area contributed by atoms with Gasteiger partial charge in [-0.2, -0.15) is 4.98 Å². The van der Waals surface area contributed by atoms with E-state index in [0.29, 0.717) is 33.6 Å². The van der Waals surface area contributed by atoms with Crippen molar-refractivity contribution in [3.63, 3.8) is 0 Å². The lowest BCUT2D eigenvalue weighted by Crippen LogP contribution is -1.87. The first kappa shape index (κ1) is 12.6. The van der Waals surface area contributed by atoms with Gasteiger partial charge in [-0.05, 0) is 31.2 Å². The van der Waals surface area contributed by atoms with E-state index in [1.54, 1.807) is 43.5 Å². The summed E-state index contributed by atoms with van der Waals surface area (Å²) in [5.74, 6) is 0.807. The Bertz CT molecular complexity index is 771. The van der Waals surface area contributed by atoms with Gasteiger partial charge in [0, 0.05) is 17.3 Å². The molecule has 1 aromatic carbocycles. The van der Waals surface area contributed by atoms with Crippen LogP contribution in [0.1, 0.15) is 5.56 Å². The molecule has 0 fully saturated rings. The largest absolute Gasteiger partial charge is 0.508 e. The molecule has 0 bridgehead atoms. The van der Waals surface area contributed by atoms with Crippen LogP contribution in [0.2, 0.25) is 5.02 Å². The minimum absolute atomic E-state index is 0.179. The third-order valence-electron chi connectivity index (χ3n) is 2.93.